The monoisotopic (exact) mass is 693 g/mol. The summed E-state index contributed by atoms with van der Waals surface area (Å²) in [5.74, 6) is -0.117. The summed E-state index contributed by atoms with van der Waals surface area (Å²) in [7, 11) is 1.56. The third kappa shape index (κ3) is 7.65. The first-order valence-electron chi connectivity index (χ1n) is 15.5. The molecule has 2 fully saturated rings. The van der Waals surface area contributed by atoms with Crippen LogP contribution >= 0.6 is 23.2 Å². The summed E-state index contributed by atoms with van der Waals surface area (Å²) in [6, 6.07) is 10.9. The van der Waals surface area contributed by atoms with E-state index in [0.29, 0.717) is 71.6 Å². The number of ether oxygens (including phenoxy) is 1. The van der Waals surface area contributed by atoms with Gasteiger partial charge in [0.1, 0.15) is 6.33 Å². The van der Waals surface area contributed by atoms with Gasteiger partial charge in [-0.25, -0.2) is 19.3 Å². The molecular weight excluding hydrogens is 660 g/mol. The van der Waals surface area contributed by atoms with Crippen molar-refractivity contribution < 1.29 is 18.7 Å². The molecule has 2 atom stereocenters. The van der Waals surface area contributed by atoms with Gasteiger partial charge in [0, 0.05) is 74.0 Å². The molecule has 2 aliphatic rings. The maximum absolute atomic E-state index is 15.4. The van der Waals surface area contributed by atoms with E-state index in [0.717, 1.165) is 18.4 Å². The molecule has 2 saturated heterocycles. The summed E-state index contributed by atoms with van der Waals surface area (Å²) < 4.78 is 21.0. The number of methoxy groups -OCH3 is 1. The average molecular weight is 695 g/mol. The van der Waals surface area contributed by atoms with Gasteiger partial charge in [-0.05, 0) is 31.0 Å². The van der Waals surface area contributed by atoms with Crippen LogP contribution < -0.4 is 31.3 Å². The number of amides is 2. The fourth-order valence-corrected chi connectivity index (χ4v) is 6.30. The molecule has 4 aromatic rings. The molecule has 5 heterocycles. The van der Waals surface area contributed by atoms with E-state index in [1.165, 1.54) is 6.33 Å². The molecule has 48 heavy (non-hydrogen) atoms. The number of hydrogen-bond acceptors (Lipinski definition) is 10. The molecule has 5 N–H and O–H groups in total. The molecule has 0 spiro atoms. The fraction of sp³-hybridized carbons (Fsp3) is 0.333. The van der Waals surface area contributed by atoms with Crippen LogP contribution in [0.15, 0.2) is 48.9 Å². The second-order valence-corrected chi connectivity index (χ2v) is 12.3. The molecule has 1 aromatic carbocycles. The first-order valence-corrected chi connectivity index (χ1v) is 16.3. The van der Waals surface area contributed by atoms with Gasteiger partial charge >= 0.3 is 0 Å². The van der Waals surface area contributed by atoms with Gasteiger partial charge in [-0.3, -0.25) is 14.6 Å². The number of hydrogen-bond donors (Lipinski definition) is 5. The van der Waals surface area contributed by atoms with E-state index in [1.54, 1.807) is 37.6 Å². The van der Waals surface area contributed by atoms with E-state index < -0.39 is 5.82 Å². The van der Waals surface area contributed by atoms with Crippen molar-refractivity contribution in [1.29, 1.82) is 0 Å². The lowest BCUT2D eigenvalue weighted by atomic mass is 10.1. The topological polar surface area (TPSA) is 155 Å². The number of carbonyl (C=O) groups is 2. The maximum atomic E-state index is 15.4. The molecule has 0 aliphatic carbocycles. The summed E-state index contributed by atoms with van der Waals surface area (Å²) in [6.45, 7) is 1.82. The molecule has 2 amide bonds. The Morgan fingerprint density at radius 1 is 0.896 bits per heavy atom. The van der Waals surface area contributed by atoms with Crippen molar-refractivity contribution in [2.75, 3.05) is 25.5 Å². The number of rotatable bonds is 13. The third-order valence-electron chi connectivity index (χ3n) is 8.23. The normalized spacial score (nSPS) is 17.3. The van der Waals surface area contributed by atoms with Crippen molar-refractivity contribution in [3.63, 3.8) is 0 Å². The molecular formula is C33H34Cl2FN9O3. The minimum atomic E-state index is -0.621. The Morgan fingerprint density at radius 2 is 1.62 bits per heavy atom. The lowest BCUT2D eigenvalue weighted by Crippen LogP contribution is -2.35. The van der Waals surface area contributed by atoms with E-state index >= 15 is 4.39 Å². The van der Waals surface area contributed by atoms with Crippen LogP contribution in [-0.4, -0.2) is 64.0 Å². The number of carbonyl (C=O) groups excluding carboxylic acids is 2. The fourth-order valence-electron chi connectivity index (χ4n) is 5.72. The Morgan fingerprint density at radius 3 is 2.31 bits per heavy atom. The molecule has 0 bridgehead atoms. The van der Waals surface area contributed by atoms with E-state index in [4.69, 9.17) is 32.9 Å². The Kier molecular flexibility index (Phi) is 10.6. The molecule has 0 saturated carbocycles. The van der Waals surface area contributed by atoms with Gasteiger partial charge < -0.3 is 31.3 Å². The number of nitrogens with zero attached hydrogens (tertiary/aromatic N) is 4. The van der Waals surface area contributed by atoms with Gasteiger partial charge in [0.2, 0.25) is 17.7 Å². The van der Waals surface area contributed by atoms with Crippen LogP contribution in [0, 0.1) is 5.82 Å². The van der Waals surface area contributed by atoms with Crippen LogP contribution in [0.3, 0.4) is 0 Å². The molecule has 3 aromatic heterocycles. The average Bonchev–Trinajstić information content (AvgIpc) is 3.70. The highest BCUT2D eigenvalue weighted by molar-refractivity contribution is 6.39. The van der Waals surface area contributed by atoms with Crippen molar-refractivity contribution in [3.8, 4) is 28.4 Å². The number of anilines is 2. The molecule has 0 unspecified atom stereocenters. The Bertz CT molecular complexity index is 1830. The minimum absolute atomic E-state index is 0.0128. The zero-order valence-electron chi connectivity index (χ0n) is 26.1. The standard InChI is InChI=1S/C33H34Cl2FN9O3/c1-48-33-18(13-37-14-19-6-9-26(46)42-19)5-8-23(45-33)21-11-12-39-31(29(21)35)22-3-2-4-24(28(22)34)44-32-30(36)25(40-17-41-32)16-38-15-20-7-10-27(47)43-20/h2-5,8,11-12,17,19-20,37-38H,6-7,9-10,13-16H2,1H3,(H,42,46)(H,43,47)(H,40,41,44)/t19-,20-/m1/s1. The Labute approximate surface area is 286 Å². The van der Waals surface area contributed by atoms with Crippen molar-refractivity contribution in [1.82, 2.24) is 41.2 Å². The lowest BCUT2D eigenvalue weighted by Gasteiger charge is -2.16. The van der Waals surface area contributed by atoms with Gasteiger partial charge in [-0.15, -0.1) is 0 Å². The van der Waals surface area contributed by atoms with Crippen LogP contribution in [0.4, 0.5) is 15.9 Å². The molecule has 0 radical (unpaired) electrons. The Hall–Kier alpha value is -4.43. The van der Waals surface area contributed by atoms with Crippen LogP contribution in [0.25, 0.3) is 22.5 Å². The summed E-state index contributed by atoms with van der Waals surface area (Å²) in [4.78, 5) is 40.3. The molecule has 12 nitrogen and oxygen atoms in total. The summed E-state index contributed by atoms with van der Waals surface area (Å²) in [6.07, 6.45) is 5.49. The largest absolute Gasteiger partial charge is 0.481 e. The van der Waals surface area contributed by atoms with Gasteiger partial charge in [-0.2, -0.15) is 0 Å². The van der Waals surface area contributed by atoms with Gasteiger partial charge in [0.25, 0.3) is 0 Å². The highest BCUT2D eigenvalue weighted by Gasteiger charge is 2.23. The third-order valence-corrected chi connectivity index (χ3v) is 9.02. The second kappa shape index (κ2) is 15.2. The van der Waals surface area contributed by atoms with E-state index in [9.17, 15) is 9.59 Å². The number of benzene rings is 1. The number of halogens is 3. The summed E-state index contributed by atoms with van der Waals surface area (Å²) in [5, 5.41) is 15.9. The summed E-state index contributed by atoms with van der Waals surface area (Å²) in [5.41, 5.74) is 3.58. The first kappa shape index (κ1) is 33.5. The van der Waals surface area contributed by atoms with Crippen LogP contribution in [-0.2, 0) is 22.7 Å². The Balaban J connectivity index is 1.17. The highest BCUT2D eigenvalue weighted by atomic mass is 35.5. The van der Waals surface area contributed by atoms with Gasteiger partial charge in [0.15, 0.2) is 11.6 Å². The summed E-state index contributed by atoms with van der Waals surface area (Å²) >= 11 is 13.8. The van der Waals surface area contributed by atoms with Gasteiger partial charge in [0.05, 0.1) is 39.9 Å². The molecule has 2 aliphatic heterocycles. The maximum Gasteiger partial charge on any atom is 0.220 e. The number of pyridine rings is 2. The minimum Gasteiger partial charge on any atom is -0.481 e. The molecule has 6 rings (SSSR count). The van der Waals surface area contributed by atoms with Crippen LogP contribution in [0.1, 0.15) is 36.9 Å². The zero-order chi connectivity index (χ0) is 33.6. The van der Waals surface area contributed by atoms with E-state index in [2.05, 4.69) is 41.5 Å². The first-order chi connectivity index (χ1) is 23.3. The molecule has 15 heteroatoms. The van der Waals surface area contributed by atoms with Crippen molar-refractivity contribution in [2.45, 2.75) is 50.9 Å². The predicted molar refractivity (Wildman–Crippen MR) is 180 cm³/mol. The van der Waals surface area contributed by atoms with Crippen molar-refractivity contribution in [3.05, 3.63) is 76.0 Å². The highest BCUT2D eigenvalue weighted by Crippen LogP contribution is 2.40. The molecule has 250 valence electrons. The van der Waals surface area contributed by atoms with Crippen LogP contribution in [0.5, 0.6) is 5.88 Å². The number of aromatic nitrogens is 4. The van der Waals surface area contributed by atoms with E-state index in [-0.39, 0.29) is 47.0 Å². The smallest absolute Gasteiger partial charge is 0.220 e. The quantitative estimate of drug-likeness (QED) is 0.135. The zero-order valence-corrected chi connectivity index (χ0v) is 27.6. The van der Waals surface area contributed by atoms with E-state index in [1.807, 2.05) is 12.1 Å². The van der Waals surface area contributed by atoms with Crippen LogP contribution in [0.2, 0.25) is 10.0 Å². The number of nitrogens with one attached hydrogen (secondary N) is 5. The lowest BCUT2D eigenvalue weighted by molar-refractivity contribution is -0.120. The second-order valence-electron chi connectivity index (χ2n) is 11.5. The van der Waals surface area contributed by atoms with Gasteiger partial charge in [-0.1, -0.05) is 41.4 Å². The predicted octanol–water partition coefficient (Wildman–Crippen LogP) is 4.54. The van der Waals surface area contributed by atoms with Crippen molar-refractivity contribution in [2.24, 2.45) is 0 Å². The SMILES string of the molecule is COc1nc(-c2ccnc(-c3cccc(Nc4ncnc(CNC[C@H]5CCC(=O)N5)c4F)c3Cl)c2Cl)ccc1CNC[C@H]1CCC(=O)N1. The van der Waals surface area contributed by atoms with Crippen molar-refractivity contribution >= 4 is 46.5 Å².